The van der Waals surface area contributed by atoms with Crippen LogP contribution in [0.25, 0.3) is 22.6 Å². The highest BCUT2D eigenvalue weighted by Crippen LogP contribution is 2.27. The average molecular weight is 292 g/mol. The highest BCUT2D eigenvalue weighted by molar-refractivity contribution is 6.30. The Morgan fingerprint density at radius 2 is 2.05 bits per heavy atom. The van der Waals surface area contributed by atoms with Crippen LogP contribution in [0.2, 0.25) is 5.02 Å². The molecule has 20 heavy (non-hydrogen) atoms. The van der Waals surface area contributed by atoms with Gasteiger partial charge in [0.05, 0.1) is 10.6 Å². The summed E-state index contributed by atoms with van der Waals surface area (Å²) in [6, 6.07) is 8.54. The van der Waals surface area contributed by atoms with Gasteiger partial charge in [0.15, 0.2) is 5.58 Å². The van der Waals surface area contributed by atoms with Gasteiger partial charge in [-0.2, -0.15) is 0 Å². The van der Waals surface area contributed by atoms with Gasteiger partial charge in [0.1, 0.15) is 11.3 Å². The molecule has 3 rings (SSSR count). The van der Waals surface area contributed by atoms with Crippen LogP contribution in [0.1, 0.15) is 10.4 Å². The summed E-state index contributed by atoms with van der Waals surface area (Å²) in [4.78, 5) is 15.1. The number of aromatic nitrogens is 1. The van der Waals surface area contributed by atoms with Crippen LogP contribution < -0.4 is 0 Å². The lowest BCUT2D eigenvalue weighted by atomic mass is 10.2. The van der Waals surface area contributed by atoms with E-state index in [-0.39, 0.29) is 16.5 Å². The number of carboxylic acid groups (broad SMARTS) is 1. The second-order valence-corrected chi connectivity index (χ2v) is 4.54. The first-order valence-corrected chi connectivity index (χ1v) is 6.02. The Labute approximate surface area is 117 Å². The van der Waals surface area contributed by atoms with Gasteiger partial charge in [-0.3, -0.25) is 0 Å². The van der Waals surface area contributed by atoms with E-state index < -0.39 is 11.8 Å². The zero-order chi connectivity index (χ0) is 14.3. The third-order valence-electron chi connectivity index (χ3n) is 2.80. The van der Waals surface area contributed by atoms with Crippen LogP contribution in [0, 0.1) is 5.82 Å². The Morgan fingerprint density at radius 1 is 1.25 bits per heavy atom. The standard InChI is InChI=1S/C14H7ClFNO3/c15-9-3-1-7(5-10(9)16)13-17-11-4-2-8(14(18)19)6-12(11)20-13/h1-6H,(H,18,19). The normalized spacial score (nSPS) is 10.9. The fourth-order valence-electron chi connectivity index (χ4n) is 1.81. The molecule has 1 heterocycles. The number of fused-ring (bicyclic) bond motifs is 1. The van der Waals surface area contributed by atoms with Gasteiger partial charge in [-0.05, 0) is 36.4 Å². The molecular formula is C14H7ClFNO3. The molecule has 0 fully saturated rings. The molecule has 1 N–H and O–H groups in total. The van der Waals surface area contributed by atoms with E-state index in [1.54, 1.807) is 6.07 Å². The number of carbonyl (C=O) groups is 1. The van der Waals surface area contributed by atoms with Gasteiger partial charge >= 0.3 is 5.97 Å². The van der Waals surface area contributed by atoms with E-state index in [4.69, 9.17) is 21.1 Å². The van der Waals surface area contributed by atoms with Gasteiger partial charge in [-0.1, -0.05) is 11.6 Å². The third kappa shape index (κ3) is 2.12. The first kappa shape index (κ1) is 12.6. The van der Waals surface area contributed by atoms with E-state index >= 15 is 0 Å². The molecule has 0 saturated heterocycles. The Kier molecular flexibility index (Phi) is 2.91. The highest BCUT2D eigenvalue weighted by Gasteiger charge is 2.12. The number of rotatable bonds is 2. The first-order chi connectivity index (χ1) is 9.54. The predicted molar refractivity (Wildman–Crippen MR) is 71.4 cm³/mol. The van der Waals surface area contributed by atoms with Gasteiger partial charge in [-0.25, -0.2) is 14.2 Å². The predicted octanol–water partition coefficient (Wildman–Crippen LogP) is 3.99. The van der Waals surface area contributed by atoms with E-state index in [1.165, 1.54) is 30.3 Å². The van der Waals surface area contributed by atoms with Crippen LogP contribution in [0.5, 0.6) is 0 Å². The number of halogens is 2. The molecule has 4 nitrogen and oxygen atoms in total. The van der Waals surface area contributed by atoms with Crippen LogP contribution in [-0.2, 0) is 0 Å². The maximum absolute atomic E-state index is 13.4. The van der Waals surface area contributed by atoms with E-state index in [2.05, 4.69) is 4.98 Å². The SMILES string of the molecule is O=C(O)c1ccc2nc(-c3ccc(Cl)c(F)c3)oc2c1. The number of oxazole rings is 1. The summed E-state index contributed by atoms with van der Waals surface area (Å²) < 4.78 is 18.9. The van der Waals surface area contributed by atoms with Crippen LogP contribution in [0.3, 0.4) is 0 Å². The summed E-state index contributed by atoms with van der Waals surface area (Å²) in [5.74, 6) is -1.42. The van der Waals surface area contributed by atoms with Crippen molar-refractivity contribution < 1.29 is 18.7 Å². The molecule has 0 amide bonds. The minimum absolute atomic E-state index is 0.0121. The molecule has 3 aromatic rings. The molecule has 0 saturated carbocycles. The molecule has 0 aliphatic rings. The molecule has 0 aliphatic carbocycles. The van der Waals surface area contributed by atoms with Crippen molar-refractivity contribution in [2.24, 2.45) is 0 Å². The number of aromatic carboxylic acids is 1. The van der Waals surface area contributed by atoms with Crippen molar-refractivity contribution in [2.45, 2.75) is 0 Å². The lowest BCUT2D eigenvalue weighted by Crippen LogP contribution is -1.94. The summed E-state index contributed by atoms with van der Waals surface area (Å²) in [6.07, 6.45) is 0. The quantitative estimate of drug-likeness (QED) is 0.775. The Morgan fingerprint density at radius 3 is 2.75 bits per heavy atom. The monoisotopic (exact) mass is 291 g/mol. The molecular weight excluding hydrogens is 285 g/mol. The van der Waals surface area contributed by atoms with Gasteiger partial charge in [0.25, 0.3) is 0 Å². The van der Waals surface area contributed by atoms with Gasteiger partial charge in [0, 0.05) is 5.56 Å². The summed E-state index contributed by atoms with van der Waals surface area (Å²) in [6.45, 7) is 0. The fourth-order valence-corrected chi connectivity index (χ4v) is 1.93. The molecule has 0 spiro atoms. The second-order valence-electron chi connectivity index (χ2n) is 4.14. The smallest absolute Gasteiger partial charge is 0.335 e. The van der Waals surface area contributed by atoms with Crippen molar-refractivity contribution in [3.8, 4) is 11.5 Å². The van der Waals surface area contributed by atoms with Crippen molar-refractivity contribution in [3.63, 3.8) is 0 Å². The van der Waals surface area contributed by atoms with Crippen LogP contribution in [-0.4, -0.2) is 16.1 Å². The molecule has 100 valence electrons. The van der Waals surface area contributed by atoms with Gasteiger partial charge in [0.2, 0.25) is 5.89 Å². The largest absolute Gasteiger partial charge is 0.478 e. The Balaban J connectivity index is 2.12. The maximum atomic E-state index is 13.4. The van der Waals surface area contributed by atoms with E-state index in [9.17, 15) is 9.18 Å². The summed E-state index contributed by atoms with van der Waals surface area (Å²) in [7, 11) is 0. The summed E-state index contributed by atoms with van der Waals surface area (Å²) in [5, 5.41) is 8.92. The maximum Gasteiger partial charge on any atom is 0.335 e. The molecule has 0 aliphatic heterocycles. The van der Waals surface area contributed by atoms with E-state index in [1.807, 2.05) is 0 Å². The molecule has 1 aromatic heterocycles. The average Bonchev–Trinajstić information content (AvgIpc) is 2.84. The van der Waals surface area contributed by atoms with Crippen LogP contribution in [0.15, 0.2) is 40.8 Å². The number of carboxylic acids is 1. The lowest BCUT2D eigenvalue weighted by Gasteiger charge is -1.97. The van der Waals surface area contributed by atoms with Gasteiger partial charge < -0.3 is 9.52 Å². The van der Waals surface area contributed by atoms with Gasteiger partial charge in [-0.15, -0.1) is 0 Å². The van der Waals surface area contributed by atoms with Crippen molar-refractivity contribution in [3.05, 3.63) is 52.8 Å². The van der Waals surface area contributed by atoms with E-state index in [0.717, 1.165) is 0 Å². The third-order valence-corrected chi connectivity index (χ3v) is 3.11. The van der Waals surface area contributed by atoms with Crippen molar-refractivity contribution in [1.29, 1.82) is 0 Å². The highest BCUT2D eigenvalue weighted by atomic mass is 35.5. The molecule has 6 heteroatoms. The topological polar surface area (TPSA) is 63.3 Å². The molecule has 0 radical (unpaired) electrons. The first-order valence-electron chi connectivity index (χ1n) is 5.64. The summed E-state index contributed by atoms with van der Waals surface area (Å²) in [5.41, 5.74) is 1.36. The number of nitrogens with zero attached hydrogens (tertiary/aromatic N) is 1. The number of benzene rings is 2. The second kappa shape index (κ2) is 4.61. The van der Waals surface area contributed by atoms with Crippen molar-refractivity contribution >= 4 is 28.7 Å². The number of hydrogen-bond acceptors (Lipinski definition) is 3. The van der Waals surface area contributed by atoms with Crippen molar-refractivity contribution in [2.75, 3.05) is 0 Å². The zero-order valence-corrected chi connectivity index (χ0v) is 10.7. The van der Waals surface area contributed by atoms with Crippen LogP contribution >= 0.6 is 11.6 Å². The molecule has 0 unspecified atom stereocenters. The van der Waals surface area contributed by atoms with Crippen molar-refractivity contribution in [1.82, 2.24) is 4.98 Å². The van der Waals surface area contributed by atoms with E-state index in [0.29, 0.717) is 16.7 Å². The minimum atomic E-state index is -1.05. The van der Waals surface area contributed by atoms with Crippen LogP contribution in [0.4, 0.5) is 4.39 Å². The lowest BCUT2D eigenvalue weighted by molar-refractivity contribution is 0.0697. The Hall–Kier alpha value is -2.40. The zero-order valence-electron chi connectivity index (χ0n) is 9.93. The Bertz CT molecular complexity index is 828. The summed E-state index contributed by atoms with van der Waals surface area (Å²) >= 11 is 5.61. The fraction of sp³-hybridized carbons (Fsp3) is 0. The molecule has 0 bridgehead atoms. The molecule has 0 atom stereocenters. The molecule has 2 aromatic carbocycles. The minimum Gasteiger partial charge on any atom is -0.478 e. The number of hydrogen-bond donors (Lipinski definition) is 1.